The van der Waals surface area contributed by atoms with Crippen molar-refractivity contribution in [2.45, 2.75) is 11.6 Å². The first-order valence-corrected chi connectivity index (χ1v) is 7.00. The molecule has 2 aromatic rings. The Kier molecular flexibility index (Phi) is 4.69. The van der Waals surface area contributed by atoms with Gasteiger partial charge in [-0.2, -0.15) is 5.10 Å². The van der Waals surface area contributed by atoms with Gasteiger partial charge in [0.25, 0.3) is 5.91 Å². The van der Waals surface area contributed by atoms with E-state index in [1.807, 2.05) is 6.26 Å². The van der Waals surface area contributed by atoms with Gasteiger partial charge < -0.3 is 5.32 Å². The van der Waals surface area contributed by atoms with Crippen LogP contribution >= 0.6 is 23.4 Å². The van der Waals surface area contributed by atoms with Gasteiger partial charge in [0.2, 0.25) is 0 Å². The number of rotatable bonds is 5. The minimum absolute atomic E-state index is 0.179. The van der Waals surface area contributed by atoms with Crippen LogP contribution in [0.1, 0.15) is 16.3 Å². The number of hydrogen-bond acceptors (Lipinski definition) is 6. The third-order valence-electron chi connectivity index (χ3n) is 2.23. The van der Waals surface area contributed by atoms with Crippen LogP contribution in [0.3, 0.4) is 0 Å². The molecule has 0 saturated heterocycles. The van der Waals surface area contributed by atoms with E-state index < -0.39 is 0 Å². The lowest BCUT2D eigenvalue weighted by molar-refractivity contribution is 0.0948. The van der Waals surface area contributed by atoms with E-state index in [0.717, 1.165) is 0 Å². The third kappa shape index (κ3) is 3.65. The summed E-state index contributed by atoms with van der Waals surface area (Å²) in [5.74, 6) is 0.376. The van der Waals surface area contributed by atoms with Gasteiger partial charge in [-0.15, -0.1) is 0 Å². The maximum Gasteiger partial charge on any atom is 0.271 e. The summed E-state index contributed by atoms with van der Waals surface area (Å²) < 4.78 is 0. The number of halogens is 1. The number of carbonyl (C=O) groups excluding carboxylic acids is 1. The molecule has 0 spiro atoms. The van der Waals surface area contributed by atoms with Crippen molar-refractivity contribution < 1.29 is 4.79 Å². The van der Waals surface area contributed by atoms with Gasteiger partial charge in [0, 0.05) is 13.0 Å². The van der Waals surface area contributed by atoms with Crippen molar-refractivity contribution in [2.24, 2.45) is 0 Å². The third-order valence-corrected chi connectivity index (χ3v) is 3.07. The topological polar surface area (TPSA) is 96.5 Å². The van der Waals surface area contributed by atoms with Gasteiger partial charge in [0.05, 0.1) is 11.2 Å². The molecule has 0 aliphatic heterocycles. The fourth-order valence-corrected chi connectivity index (χ4v) is 1.86. The molecule has 0 aromatic carbocycles. The molecule has 0 aliphatic rings. The molecular weight excluding hydrogens is 288 g/mol. The first-order valence-electron chi connectivity index (χ1n) is 5.39. The van der Waals surface area contributed by atoms with Crippen molar-refractivity contribution in [1.29, 1.82) is 0 Å². The SMILES string of the molecule is CSc1ncc(Cl)c(C(=O)NCCc2ncn[nH]2)n1. The van der Waals surface area contributed by atoms with Crippen molar-refractivity contribution in [3.05, 3.63) is 29.1 Å². The van der Waals surface area contributed by atoms with Crippen LogP contribution < -0.4 is 5.32 Å². The lowest BCUT2D eigenvalue weighted by atomic mass is 10.3. The first-order chi connectivity index (χ1) is 9.20. The maximum absolute atomic E-state index is 11.9. The lowest BCUT2D eigenvalue weighted by Gasteiger charge is -2.05. The highest BCUT2D eigenvalue weighted by molar-refractivity contribution is 7.98. The van der Waals surface area contributed by atoms with Crippen LogP contribution in [0.5, 0.6) is 0 Å². The molecule has 0 radical (unpaired) electrons. The van der Waals surface area contributed by atoms with Gasteiger partial charge in [-0.3, -0.25) is 9.89 Å². The van der Waals surface area contributed by atoms with E-state index in [2.05, 4.69) is 30.5 Å². The van der Waals surface area contributed by atoms with Crippen LogP contribution in [0.2, 0.25) is 5.02 Å². The van der Waals surface area contributed by atoms with E-state index in [9.17, 15) is 4.79 Å². The monoisotopic (exact) mass is 298 g/mol. The summed E-state index contributed by atoms with van der Waals surface area (Å²) in [5, 5.41) is 9.89. The normalized spacial score (nSPS) is 10.4. The van der Waals surface area contributed by atoms with Gasteiger partial charge in [-0.1, -0.05) is 23.4 Å². The summed E-state index contributed by atoms with van der Waals surface area (Å²) in [4.78, 5) is 23.9. The molecule has 2 N–H and O–H groups in total. The molecule has 7 nitrogen and oxygen atoms in total. The van der Waals surface area contributed by atoms with Gasteiger partial charge >= 0.3 is 0 Å². The standard InChI is InChI=1S/C10H11ClN6OS/c1-19-10-13-4-6(11)8(16-10)9(18)12-3-2-7-14-5-15-17-7/h4-5H,2-3H2,1H3,(H,12,18)(H,14,15,17). The summed E-state index contributed by atoms with van der Waals surface area (Å²) in [6.45, 7) is 0.420. The van der Waals surface area contributed by atoms with E-state index in [1.54, 1.807) is 0 Å². The molecule has 0 bridgehead atoms. The molecule has 0 aliphatic carbocycles. The van der Waals surface area contributed by atoms with Crippen LogP contribution in [-0.4, -0.2) is 43.9 Å². The van der Waals surface area contributed by atoms with Crippen LogP contribution in [0.25, 0.3) is 0 Å². The Hall–Kier alpha value is -1.67. The first kappa shape index (κ1) is 13.8. The Morgan fingerprint density at radius 2 is 2.37 bits per heavy atom. The fraction of sp³-hybridized carbons (Fsp3) is 0.300. The molecule has 19 heavy (non-hydrogen) atoms. The minimum Gasteiger partial charge on any atom is -0.350 e. The number of aromatic amines is 1. The lowest BCUT2D eigenvalue weighted by Crippen LogP contribution is -2.27. The molecule has 2 aromatic heterocycles. The zero-order valence-corrected chi connectivity index (χ0v) is 11.6. The van der Waals surface area contributed by atoms with E-state index >= 15 is 0 Å². The summed E-state index contributed by atoms with van der Waals surface area (Å²) >= 11 is 7.25. The highest BCUT2D eigenvalue weighted by atomic mass is 35.5. The van der Waals surface area contributed by atoms with Crippen LogP contribution in [0.15, 0.2) is 17.7 Å². The summed E-state index contributed by atoms with van der Waals surface area (Å²) in [5.41, 5.74) is 0.179. The molecule has 0 saturated carbocycles. The quantitative estimate of drug-likeness (QED) is 0.630. The van der Waals surface area contributed by atoms with Crippen LogP contribution in [0, 0.1) is 0 Å². The zero-order valence-electron chi connectivity index (χ0n) is 10.1. The Morgan fingerprint density at radius 3 is 3.05 bits per heavy atom. The summed E-state index contributed by atoms with van der Waals surface area (Å²) in [7, 11) is 0. The number of hydrogen-bond donors (Lipinski definition) is 2. The molecule has 1 amide bonds. The minimum atomic E-state index is -0.331. The van der Waals surface area contributed by atoms with Crippen LogP contribution in [0.4, 0.5) is 0 Å². The average Bonchev–Trinajstić information content (AvgIpc) is 2.92. The van der Waals surface area contributed by atoms with Crippen LogP contribution in [-0.2, 0) is 6.42 Å². The average molecular weight is 299 g/mol. The van der Waals surface area contributed by atoms with Crippen molar-refractivity contribution in [3.8, 4) is 0 Å². The number of H-pyrrole nitrogens is 1. The van der Waals surface area contributed by atoms with Crippen molar-refractivity contribution >= 4 is 29.3 Å². The Balaban J connectivity index is 1.95. The number of nitrogens with one attached hydrogen (secondary N) is 2. The number of thioether (sulfide) groups is 1. The highest BCUT2D eigenvalue weighted by Gasteiger charge is 2.13. The molecular formula is C10H11ClN6OS. The molecule has 2 heterocycles. The molecule has 0 atom stereocenters. The van der Waals surface area contributed by atoms with Crippen molar-refractivity contribution in [1.82, 2.24) is 30.5 Å². The molecule has 0 fully saturated rings. The molecule has 100 valence electrons. The summed E-state index contributed by atoms with van der Waals surface area (Å²) in [6.07, 6.45) is 5.23. The Bertz CT molecular complexity index is 561. The van der Waals surface area contributed by atoms with Gasteiger partial charge in [0.15, 0.2) is 10.9 Å². The van der Waals surface area contributed by atoms with Gasteiger partial charge in [0.1, 0.15) is 12.2 Å². The fourth-order valence-electron chi connectivity index (χ4n) is 1.34. The number of carbonyl (C=O) groups is 1. The number of amides is 1. The van der Waals surface area contributed by atoms with Gasteiger partial charge in [-0.05, 0) is 6.26 Å². The van der Waals surface area contributed by atoms with E-state index in [-0.39, 0.29) is 16.6 Å². The second-order valence-corrected chi connectivity index (χ2v) is 4.67. The predicted octanol–water partition coefficient (Wildman–Crippen LogP) is 0.942. The zero-order chi connectivity index (χ0) is 13.7. The van der Waals surface area contributed by atoms with E-state index in [4.69, 9.17) is 11.6 Å². The second-order valence-electron chi connectivity index (χ2n) is 3.49. The Labute approximate surface area is 118 Å². The highest BCUT2D eigenvalue weighted by Crippen LogP contribution is 2.16. The largest absolute Gasteiger partial charge is 0.350 e. The molecule has 2 rings (SSSR count). The smallest absolute Gasteiger partial charge is 0.271 e. The maximum atomic E-state index is 11.9. The van der Waals surface area contributed by atoms with E-state index in [1.165, 1.54) is 24.3 Å². The van der Waals surface area contributed by atoms with Gasteiger partial charge in [-0.25, -0.2) is 15.0 Å². The Morgan fingerprint density at radius 1 is 1.53 bits per heavy atom. The van der Waals surface area contributed by atoms with Crippen molar-refractivity contribution in [2.75, 3.05) is 12.8 Å². The number of nitrogens with zero attached hydrogens (tertiary/aromatic N) is 4. The second kappa shape index (κ2) is 6.48. The molecule has 0 unspecified atom stereocenters. The predicted molar refractivity (Wildman–Crippen MR) is 71.2 cm³/mol. The van der Waals surface area contributed by atoms with Crippen molar-refractivity contribution in [3.63, 3.8) is 0 Å². The van der Waals surface area contributed by atoms with E-state index in [0.29, 0.717) is 23.9 Å². The molecule has 9 heteroatoms. The summed E-state index contributed by atoms with van der Waals surface area (Å²) in [6, 6.07) is 0. The number of aromatic nitrogens is 5.